The van der Waals surface area contributed by atoms with Gasteiger partial charge in [-0.2, -0.15) is 0 Å². The topological polar surface area (TPSA) is 120 Å². The number of carbonyl (C=O) groups is 2. The number of nitrogens with zero attached hydrogens (tertiary/aromatic N) is 1. The van der Waals surface area contributed by atoms with Crippen molar-refractivity contribution in [2.24, 2.45) is 5.73 Å². The van der Waals surface area contributed by atoms with Crippen molar-refractivity contribution in [1.82, 2.24) is 10.2 Å². The minimum Gasteiger partial charge on any atom is -0.400 e. The van der Waals surface area contributed by atoms with E-state index in [2.05, 4.69) is 17.4 Å². The molecule has 0 saturated carbocycles. The molecule has 31 heavy (non-hydrogen) atoms. The van der Waals surface area contributed by atoms with E-state index in [0.29, 0.717) is 31.5 Å². The summed E-state index contributed by atoms with van der Waals surface area (Å²) in [5.74, 6) is -0.0214. The van der Waals surface area contributed by atoms with Crippen molar-refractivity contribution in [3.63, 3.8) is 0 Å². The number of nitrogens with two attached hydrogens (primary N) is 1. The Bertz CT molecular complexity index is 853. The zero-order valence-electron chi connectivity index (χ0n) is 18.0. The monoisotopic (exact) mass is 424 g/mol. The smallest absolute Gasteiger partial charge is 0.243 e. The Morgan fingerprint density at radius 2 is 1.77 bits per heavy atom. The van der Waals surface area contributed by atoms with Crippen molar-refractivity contribution < 1.29 is 14.7 Å². The van der Waals surface area contributed by atoms with Crippen molar-refractivity contribution in [2.45, 2.75) is 44.7 Å². The molecule has 1 atom stereocenters. The number of aliphatic hydroxyl groups excluding tert-OH is 1. The molecule has 0 unspecified atom stereocenters. The van der Waals surface area contributed by atoms with Gasteiger partial charge in [0.1, 0.15) is 11.9 Å². The van der Waals surface area contributed by atoms with Gasteiger partial charge in [-0.3, -0.25) is 15.0 Å². The van der Waals surface area contributed by atoms with Crippen molar-refractivity contribution in [2.75, 3.05) is 13.7 Å². The first-order chi connectivity index (χ1) is 15.0. The third kappa shape index (κ3) is 7.22. The number of hydrogen-bond donors (Lipinski definition) is 4. The summed E-state index contributed by atoms with van der Waals surface area (Å²) in [5, 5.41) is 17.4. The molecule has 0 aromatic heterocycles. The van der Waals surface area contributed by atoms with Gasteiger partial charge >= 0.3 is 0 Å². The zero-order chi connectivity index (χ0) is 22.6. The Hall–Kier alpha value is -3.19. The molecule has 5 N–H and O–H groups in total. The molecule has 1 saturated heterocycles. The quantitative estimate of drug-likeness (QED) is 0.384. The second-order valence-corrected chi connectivity index (χ2v) is 7.41. The Balaban J connectivity index is 0.00000166. The molecule has 1 fully saturated rings. The summed E-state index contributed by atoms with van der Waals surface area (Å²) in [5.41, 5.74) is 8.27. The van der Waals surface area contributed by atoms with E-state index in [-0.39, 0.29) is 23.7 Å². The number of rotatable bonds is 8. The SMILES string of the molecule is CO.N=C(N)c1ccc(CNC(=O)[C@@H]2CCCN2C(=O)CCCc2ccccc2)cc1. The van der Waals surface area contributed by atoms with Crippen LogP contribution in [-0.2, 0) is 22.6 Å². The largest absolute Gasteiger partial charge is 0.400 e. The average molecular weight is 425 g/mol. The van der Waals surface area contributed by atoms with Crippen LogP contribution in [0.2, 0.25) is 0 Å². The molecule has 1 heterocycles. The fourth-order valence-electron chi connectivity index (χ4n) is 3.68. The number of amidine groups is 1. The van der Waals surface area contributed by atoms with Gasteiger partial charge in [0.15, 0.2) is 0 Å². The first-order valence-corrected chi connectivity index (χ1v) is 10.5. The second kappa shape index (κ2) is 12.5. The number of likely N-dealkylation sites (tertiary alicyclic amines) is 1. The molecule has 2 amide bonds. The predicted molar refractivity (Wildman–Crippen MR) is 122 cm³/mol. The van der Waals surface area contributed by atoms with E-state index in [9.17, 15) is 9.59 Å². The first kappa shape index (κ1) is 24.1. The van der Waals surface area contributed by atoms with Gasteiger partial charge in [0.2, 0.25) is 11.8 Å². The molecular formula is C24H32N4O3. The Kier molecular flexibility index (Phi) is 9.71. The number of benzene rings is 2. The Morgan fingerprint density at radius 1 is 1.10 bits per heavy atom. The van der Waals surface area contributed by atoms with Crippen molar-refractivity contribution in [3.8, 4) is 0 Å². The lowest BCUT2D eigenvalue weighted by Gasteiger charge is -2.24. The van der Waals surface area contributed by atoms with Crippen LogP contribution in [0.3, 0.4) is 0 Å². The van der Waals surface area contributed by atoms with Gasteiger partial charge in [-0.05, 0) is 36.8 Å². The second-order valence-electron chi connectivity index (χ2n) is 7.41. The summed E-state index contributed by atoms with van der Waals surface area (Å²) >= 11 is 0. The van der Waals surface area contributed by atoms with E-state index < -0.39 is 0 Å². The molecule has 2 aromatic carbocycles. The van der Waals surface area contributed by atoms with Crippen molar-refractivity contribution >= 4 is 17.6 Å². The van der Waals surface area contributed by atoms with Gasteiger partial charge in [0.05, 0.1) is 0 Å². The normalized spacial score (nSPS) is 15.0. The van der Waals surface area contributed by atoms with Gasteiger partial charge in [0.25, 0.3) is 0 Å². The van der Waals surface area contributed by atoms with Crippen LogP contribution >= 0.6 is 0 Å². The standard InChI is InChI=1S/C23H28N4O2.CH4O/c24-22(25)19-13-11-18(12-14-19)16-26-23(29)20-9-5-15-27(20)21(28)10-4-8-17-6-2-1-3-7-17;1-2/h1-3,6-7,11-14,20H,4-5,8-10,15-16H2,(H3,24,25)(H,26,29);2H,1H3/t20-;/m0./s1. The molecule has 0 bridgehead atoms. The lowest BCUT2D eigenvalue weighted by Crippen LogP contribution is -2.45. The molecule has 1 aliphatic heterocycles. The van der Waals surface area contributed by atoms with Gasteiger partial charge < -0.3 is 21.1 Å². The molecule has 2 aromatic rings. The van der Waals surface area contributed by atoms with Crippen LogP contribution in [0.5, 0.6) is 0 Å². The highest BCUT2D eigenvalue weighted by atomic mass is 16.2. The third-order valence-electron chi connectivity index (χ3n) is 5.31. The molecule has 3 rings (SSSR count). The first-order valence-electron chi connectivity index (χ1n) is 10.5. The molecule has 166 valence electrons. The molecule has 7 nitrogen and oxygen atoms in total. The van der Waals surface area contributed by atoms with Crippen LogP contribution in [0.25, 0.3) is 0 Å². The summed E-state index contributed by atoms with van der Waals surface area (Å²) in [4.78, 5) is 27.0. The van der Waals surface area contributed by atoms with E-state index >= 15 is 0 Å². The lowest BCUT2D eigenvalue weighted by atomic mass is 10.1. The van der Waals surface area contributed by atoms with Crippen LogP contribution in [0.15, 0.2) is 54.6 Å². The van der Waals surface area contributed by atoms with Crippen molar-refractivity contribution in [1.29, 1.82) is 5.41 Å². The molecule has 7 heteroatoms. The number of hydrogen-bond acceptors (Lipinski definition) is 4. The number of nitrogen functional groups attached to an aromatic ring is 1. The molecule has 1 aliphatic rings. The van der Waals surface area contributed by atoms with Gasteiger partial charge in [-0.25, -0.2) is 0 Å². The van der Waals surface area contributed by atoms with E-state index in [1.165, 1.54) is 5.56 Å². The number of nitrogens with one attached hydrogen (secondary N) is 2. The molecule has 0 radical (unpaired) electrons. The summed E-state index contributed by atoms with van der Waals surface area (Å²) < 4.78 is 0. The number of carbonyl (C=O) groups excluding carboxylic acids is 2. The molecular weight excluding hydrogens is 392 g/mol. The van der Waals surface area contributed by atoms with E-state index in [4.69, 9.17) is 16.2 Å². The summed E-state index contributed by atoms with van der Waals surface area (Å²) in [6.45, 7) is 1.04. The summed E-state index contributed by atoms with van der Waals surface area (Å²) in [7, 11) is 1.00. The van der Waals surface area contributed by atoms with Crippen LogP contribution < -0.4 is 11.1 Å². The number of aryl methyl sites for hydroxylation is 1. The number of amides is 2. The van der Waals surface area contributed by atoms with E-state index in [1.54, 1.807) is 17.0 Å². The highest BCUT2D eigenvalue weighted by Gasteiger charge is 2.33. The van der Waals surface area contributed by atoms with Crippen LogP contribution in [0, 0.1) is 5.41 Å². The summed E-state index contributed by atoms with van der Waals surface area (Å²) in [6, 6.07) is 17.0. The fourth-order valence-corrected chi connectivity index (χ4v) is 3.68. The maximum Gasteiger partial charge on any atom is 0.243 e. The van der Waals surface area contributed by atoms with Crippen LogP contribution in [0.1, 0.15) is 42.4 Å². The zero-order valence-corrected chi connectivity index (χ0v) is 18.0. The highest BCUT2D eigenvalue weighted by Crippen LogP contribution is 2.19. The predicted octanol–water partition coefficient (Wildman–Crippen LogP) is 2.21. The minimum atomic E-state index is -0.379. The van der Waals surface area contributed by atoms with Gasteiger partial charge in [-0.15, -0.1) is 0 Å². The lowest BCUT2D eigenvalue weighted by molar-refractivity contribution is -0.138. The Labute approximate surface area is 183 Å². The highest BCUT2D eigenvalue weighted by molar-refractivity contribution is 5.94. The maximum atomic E-state index is 12.6. The third-order valence-corrected chi connectivity index (χ3v) is 5.31. The molecule has 0 aliphatic carbocycles. The van der Waals surface area contributed by atoms with Crippen LogP contribution in [0.4, 0.5) is 0 Å². The van der Waals surface area contributed by atoms with Crippen LogP contribution in [-0.4, -0.2) is 47.4 Å². The Morgan fingerprint density at radius 3 is 2.42 bits per heavy atom. The van der Waals surface area contributed by atoms with Crippen molar-refractivity contribution in [3.05, 3.63) is 71.3 Å². The molecule has 0 spiro atoms. The summed E-state index contributed by atoms with van der Waals surface area (Å²) in [6.07, 6.45) is 3.68. The van der Waals surface area contributed by atoms with E-state index in [0.717, 1.165) is 31.9 Å². The number of aliphatic hydroxyl groups is 1. The fraction of sp³-hybridized carbons (Fsp3) is 0.375. The van der Waals surface area contributed by atoms with E-state index in [1.807, 2.05) is 30.3 Å². The van der Waals surface area contributed by atoms with Gasteiger partial charge in [0, 0.05) is 32.2 Å². The minimum absolute atomic E-state index is 0.0213. The maximum absolute atomic E-state index is 12.6. The average Bonchev–Trinajstić information content (AvgIpc) is 3.30. The van der Waals surface area contributed by atoms with Gasteiger partial charge in [-0.1, -0.05) is 54.6 Å².